The first kappa shape index (κ1) is 38.1. The quantitative estimate of drug-likeness (QED) is 0.129. The van der Waals surface area contributed by atoms with Crippen molar-refractivity contribution in [1.29, 1.82) is 0 Å². The molecule has 6 nitrogen and oxygen atoms in total. The van der Waals surface area contributed by atoms with Crippen LogP contribution in [0.5, 0.6) is 11.5 Å². The molecule has 2 aliphatic carbocycles. The molecule has 6 heteroatoms. The van der Waals surface area contributed by atoms with Gasteiger partial charge >= 0.3 is 0 Å². The van der Waals surface area contributed by atoms with Crippen LogP contribution in [0.25, 0.3) is 55.2 Å². The van der Waals surface area contributed by atoms with E-state index < -0.39 is 11.2 Å². The average Bonchev–Trinajstić information content (AvgIpc) is 3.17. The normalized spacial score (nSPS) is 25.7. The van der Waals surface area contributed by atoms with Crippen LogP contribution in [0.3, 0.4) is 0 Å². The van der Waals surface area contributed by atoms with Gasteiger partial charge in [0.05, 0.1) is 22.8 Å². The molecule has 2 heterocycles. The number of fused-ring (bicyclic) bond motifs is 2. The molecular formula is C50H56N2O4. The standard InChI is InChI=1S/C50H56N2O4/c1-29(2)39-23-21-31(5)27-49(39,55)43-19-11-17-41(51-43)37-25-33-13-7-9-15-35(33)45(47(37)53)46-36-16-10-8-14-34(36)26-38(48(46)54)42-18-12-20-44(52-42)50(56)28-32(6)22-24-40(50)30(3)4/h7-20,25-26,29-32,39-40,53-56H,21-24,27-28H2,1-6H3/t31-,32-,39+,40?,49+,50+/m1/s1. The first-order chi connectivity index (χ1) is 26.8. The van der Waals surface area contributed by atoms with E-state index in [4.69, 9.17) is 9.97 Å². The van der Waals surface area contributed by atoms with Crippen molar-refractivity contribution < 1.29 is 20.4 Å². The van der Waals surface area contributed by atoms with Crippen LogP contribution in [0.1, 0.15) is 91.5 Å². The summed E-state index contributed by atoms with van der Waals surface area (Å²) in [5.74, 6) is 1.44. The van der Waals surface area contributed by atoms with Crippen molar-refractivity contribution in [3.63, 3.8) is 0 Å². The molecule has 0 amide bonds. The Morgan fingerprint density at radius 3 is 1.32 bits per heavy atom. The second-order valence-electron chi connectivity index (χ2n) is 17.9. The first-order valence-corrected chi connectivity index (χ1v) is 20.7. The predicted molar refractivity (Wildman–Crippen MR) is 227 cm³/mol. The highest BCUT2D eigenvalue weighted by atomic mass is 16.3. The topological polar surface area (TPSA) is 107 Å². The lowest BCUT2D eigenvalue weighted by molar-refractivity contribution is -0.0899. The zero-order valence-electron chi connectivity index (χ0n) is 33.6. The van der Waals surface area contributed by atoms with E-state index in [1.807, 2.05) is 97.1 Å². The van der Waals surface area contributed by atoms with Crippen LogP contribution in [-0.2, 0) is 11.2 Å². The van der Waals surface area contributed by atoms with Crippen LogP contribution in [0.15, 0.2) is 97.1 Å². The predicted octanol–water partition coefficient (Wildman–Crippen LogP) is 11.8. The van der Waals surface area contributed by atoms with Crippen molar-refractivity contribution in [2.24, 2.45) is 35.5 Å². The van der Waals surface area contributed by atoms with Gasteiger partial charge in [-0.1, -0.05) is 115 Å². The van der Waals surface area contributed by atoms with Gasteiger partial charge in [-0.3, -0.25) is 0 Å². The van der Waals surface area contributed by atoms with E-state index in [1.54, 1.807) is 0 Å². The van der Waals surface area contributed by atoms with Crippen molar-refractivity contribution in [2.75, 3.05) is 0 Å². The molecule has 0 aliphatic heterocycles. The van der Waals surface area contributed by atoms with Gasteiger partial charge in [0.2, 0.25) is 0 Å². The second kappa shape index (κ2) is 14.6. The molecule has 1 unspecified atom stereocenters. The molecule has 4 N–H and O–H groups in total. The zero-order chi connectivity index (χ0) is 39.5. The van der Waals surface area contributed by atoms with Crippen molar-refractivity contribution >= 4 is 21.5 Å². The Kier molecular flexibility index (Phi) is 9.95. The molecule has 0 saturated heterocycles. The molecule has 2 saturated carbocycles. The Labute approximate surface area is 331 Å². The van der Waals surface area contributed by atoms with Crippen molar-refractivity contribution in [3.05, 3.63) is 108 Å². The highest BCUT2D eigenvalue weighted by Gasteiger charge is 2.46. The maximum Gasteiger partial charge on any atom is 0.133 e. The molecular weight excluding hydrogens is 693 g/mol. The summed E-state index contributed by atoms with van der Waals surface area (Å²) in [4.78, 5) is 10.3. The summed E-state index contributed by atoms with van der Waals surface area (Å²) >= 11 is 0. The van der Waals surface area contributed by atoms with Crippen LogP contribution < -0.4 is 0 Å². The lowest BCUT2D eigenvalue weighted by atomic mass is 9.65. The summed E-state index contributed by atoms with van der Waals surface area (Å²) < 4.78 is 0. The smallest absolute Gasteiger partial charge is 0.133 e. The van der Waals surface area contributed by atoms with E-state index >= 15 is 0 Å². The SMILES string of the molecule is CC(C)C1CC[C@@H](C)C[C@@]1(O)c1cccc(-c2cc3ccccc3c(-c3c(O)c(-c4cccc([C@]5(O)C[C@H](C)CC[C@H]5C(C)C)n4)cc4ccccc34)c2O)n1. The number of rotatable bonds is 7. The van der Waals surface area contributed by atoms with Crippen molar-refractivity contribution in [1.82, 2.24) is 9.97 Å². The van der Waals surface area contributed by atoms with Crippen LogP contribution in [0.4, 0.5) is 0 Å². The number of pyridine rings is 2. The van der Waals surface area contributed by atoms with Gasteiger partial charge in [0.25, 0.3) is 0 Å². The molecule has 290 valence electrons. The Balaban J connectivity index is 1.33. The van der Waals surface area contributed by atoms with Gasteiger partial charge in [-0.25, -0.2) is 9.97 Å². The lowest BCUT2D eigenvalue weighted by Crippen LogP contribution is -2.43. The summed E-state index contributed by atoms with van der Waals surface area (Å²) in [5, 5.41) is 53.2. The third kappa shape index (κ3) is 6.45. The first-order valence-electron chi connectivity index (χ1n) is 20.7. The molecule has 2 aliphatic rings. The van der Waals surface area contributed by atoms with Crippen LogP contribution in [-0.4, -0.2) is 30.4 Å². The van der Waals surface area contributed by atoms with Gasteiger partial charge in [-0.05, 0) is 119 Å². The minimum Gasteiger partial charge on any atom is -0.507 e. The van der Waals surface area contributed by atoms with Gasteiger partial charge in [0.1, 0.15) is 22.7 Å². The number of aromatic nitrogens is 2. The van der Waals surface area contributed by atoms with Crippen LogP contribution in [0.2, 0.25) is 0 Å². The highest BCUT2D eigenvalue weighted by Crippen LogP contribution is 2.53. The molecule has 56 heavy (non-hydrogen) atoms. The van der Waals surface area contributed by atoms with Gasteiger partial charge in [0.15, 0.2) is 0 Å². The molecule has 8 rings (SSSR count). The number of phenolic OH excluding ortho intramolecular Hbond substituents is 2. The lowest BCUT2D eigenvalue weighted by Gasteiger charge is -2.44. The van der Waals surface area contributed by atoms with Gasteiger partial charge in [-0.2, -0.15) is 0 Å². The number of aliphatic hydroxyl groups is 2. The minimum absolute atomic E-state index is 0.00218. The van der Waals surface area contributed by atoms with E-state index in [0.717, 1.165) is 47.2 Å². The fraction of sp³-hybridized carbons (Fsp3) is 0.400. The molecule has 6 aromatic rings. The Morgan fingerprint density at radius 2 is 0.929 bits per heavy atom. The van der Waals surface area contributed by atoms with E-state index in [9.17, 15) is 20.4 Å². The van der Waals surface area contributed by atoms with Gasteiger partial charge < -0.3 is 20.4 Å². The van der Waals surface area contributed by atoms with E-state index in [-0.39, 0.29) is 35.2 Å². The van der Waals surface area contributed by atoms with Crippen molar-refractivity contribution in [2.45, 2.75) is 91.3 Å². The molecule has 2 aromatic heterocycles. The molecule has 4 aromatic carbocycles. The zero-order valence-corrected chi connectivity index (χ0v) is 33.6. The van der Waals surface area contributed by atoms with E-state index in [1.165, 1.54) is 0 Å². The summed E-state index contributed by atoms with van der Waals surface area (Å²) in [6.07, 6.45) is 5.30. The molecule has 6 atom stereocenters. The third-order valence-corrected chi connectivity index (χ3v) is 13.3. The maximum absolute atomic E-state index is 12.6. The van der Waals surface area contributed by atoms with Crippen LogP contribution >= 0.6 is 0 Å². The number of aromatic hydroxyl groups is 2. The minimum atomic E-state index is -1.08. The summed E-state index contributed by atoms with van der Waals surface area (Å²) in [6.45, 7) is 13.1. The van der Waals surface area contributed by atoms with Crippen molar-refractivity contribution in [3.8, 4) is 45.1 Å². The summed E-state index contributed by atoms with van der Waals surface area (Å²) in [5.41, 5.74) is 2.26. The fourth-order valence-corrected chi connectivity index (χ4v) is 10.6. The van der Waals surface area contributed by atoms with Gasteiger partial charge in [0, 0.05) is 22.3 Å². The molecule has 0 bridgehead atoms. The fourth-order valence-electron chi connectivity index (χ4n) is 10.6. The molecule has 2 fully saturated rings. The highest BCUT2D eigenvalue weighted by molar-refractivity contribution is 6.13. The number of hydrogen-bond donors (Lipinski definition) is 4. The maximum atomic E-state index is 12.6. The van der Waals surface area contributed by atoms with Gasteiger partial charge in [-0.15, -0.1) is 0 Å². The summed E-state index contributed by atoms with van der Waals surface area (Å²) in [6, 6.07) is 31.2. The second-order valence-corrected chi connectivity index (χ2v) is 17.9. The Hall–Kier alpha value is -4.78. The largest absolute Gasteiger partial charge is 0.507 e. The number of benzene rings is 4. The molecule has 0 radical (unpaired) electrons. The van der Waals surface area contributed by atoms with E-state index in [0.29, 0.717) is 69.7 Å². The average molecular weight is 749 g/mol. The third-order valence-electron chi connectivity index (χ3n) is 13.3. The monoisotopic (exact) mass is 748 g/mol. The summed E-state index contributed by atoms with van der Waals surface area (Å²) in [7, 11) is 0. The molecule has 0 spiro atoms. The number of hydrogen-bond acceptors (Lipinski definition) is 6. The number of nitrogens with zero attached hydrogens (tertiary/aromatic N) is 2. The van der Waals surface area contributed by atoms with Crippen LogP contribution in [0, 0.1) is 35.5 Å². The number of phenols is 2. The Morgan fingerprint density at radius 1 is 0.536 bits per heavy atom. The van der Waals surface area contributed by atoms with E-state index in [2.05, 4.69) is 41.5 Å². The Bertz CT molecular complexity index is 2250.